The minimum atomic E-state index is 0.0718. The molecule has 0 unspecified atom stereocenters. The second kappa shape index (κ2) is 8.98. The topological polar surface area (TPSA) is 17.1 Å². The number of unbranched alkanes of at least 4 members (excludes halogenated alkanes) is 6. The number of Topliss-reactive ketones (excluding diaryl/α,β-unsaturated/α-hetero) is 1. The molecule has 0 aromatic heterocycles. The Bertz CT molecular complexity index is 274. The Morgan fingerprint density at radius 2 is 1.59 bits per heavy atom. The van der Waals surface area contributed by atoms with Gasteiger partial charge in [0.1, 0.15) is 5.78 Å². The Morgan fingerprint density at radius 1 is 1.00 bits per heavy atom. The van der Waals surface area contributed by atoms with Gasteiger partial charge in [-0.3, -0.25) is 4.79 Å². The highest BCUT2D eigenvalue weighted by atomic mass is 16.1. The Morgan fingerprint density at radius 3 is 2.24 bits per heavy atom. The van der Waals surface area contributed by atoms with Crippen LogP contribution in [0.2, 0.25) is 0 Å². The number of hydrogen-bond donors (Lipinski definition) is 0. The zero-order valence-corrected chi connectivity index (χ0v) is 10.7. The highest BCUT2D eigenvalue weighted by Gasteiger charge is 2.12. The molecule has 0 aliphatic heterocycles. The molecule has 0 heterocycles. The van der Waals surface area contributed by atoms with E-state index in [1.165, 1.54) is 32.1 Å². The third kappa shape index (κ3) is 6.25. The second-order valence-electron chi connectivity index (χ2n) is 4.71. The fourth-order valence-electron chi connectivity index (χ4n) is 2.11. The number of ketones is 1. The highest BCUT2D eigenvalue weighted by Crippen LogP contribution is 2.15. The molecule has 0 bridgehead atoms. The molecule has 0 N–H and O–H groups in total. The standard InChI is InChI=1S/C16H24O/c1-2-3-4-5-6-7-8-9-14-16(17)15-12-10-11-13-15/h2,10-13,15H,1,3-9,14H2. The van der Waals surface area contributed by atoms with Crippen molar-refractivity contribution in [1.29, 1.82) is 0 Å². The van der Waals surface area contributed by atoms with Gasteiger partial charge in [-0.15, -0.1) is 6.58 Å². The van der Waals surface area contributed by atoms with E-state index in [-0.39, 0.29) is 5.92 Å². The molecule has 0 amide bonds. The first-order valence-corrected chi connectivity index (χ1v) is 6.83. The summed E-state index contributed by atoms with van der Waals surface area (Å²) in [5.41, 5.74) is 0. The van der Waals surface area contributed by atoms with E-state index < -0.39 is 0 Å². The van der Waals surface area contributed by atoms with Crippen molar-refractivity contribution in [1.82, 2.24) is 0 Å². The number of rotatable bonds is 10. The van der Waals surface area contributed by atoms with Crippen LogP contribution >= 0.6 is 0 Å². The van der Waals surface area contributed by atoms with Crippen LogP contribution in [0.5, 0.6) is 0 Å². The molecule has 1 heteroatoms. The van der Waals surface area contributed by atoms with Gasteiger partial charge in [0.05, 0.1) is 5.92 Å². The number of hydrogen-bond acceptors (Lipinski definition) is 1. The quantitative estimate of drug-likeness (QED) is 0.397. The first-order valence-electron chi connectivity index (χ1n) is 6.83. The number of carbonyl (C=O) groups excluding carboxylic acids is 1. The summed E-state index contributed by atoms with van der Waals surface area (Å²) in [5.74, 6) is 0.448. The van der Waals surface area contributed by atoms with E-state index in [0.717, 1.165) is 19.3 Å². The van der Waals surface area contributed by atoms with Gasteiger partial charge in [-0.25, -0.2) is 0 Å². The Labute approximate surface area is 105 Å². The molecule has 0 saturated heterocycles. The third-order valence-corrected chi connectivity index (χ3v) is 3.20. The van der Waals surface area contributed by atoms with Gasteiger partial charge in [0, 0.05) is 6.42 Å². The lowest BCUT2D eigenvalue weighted by Gasteiger charge is -2.04. The van der Waals surface area contributed by atoms with Crippen molar-refractivity contribution in [2.24, 2.45) is 5.92 Å². The summed E-state index contributed by atoms with van der Waals surface area (Å²) in [6.07, 6.45) is 19.1. The van der Waals surface area contributed by atoms with Gasteiger partial charge in [-0.1, -0.05) is 56.1 Å². The summed E-state index contributed by atoms with van der Waals surface area (Å²) in [6, 6.07) is 0. The van der Waals surface area contributed by atoms with Crippen LogP contribution in [0, 0.1) is 5.92 Å². The van der Waals surface area contributed by atoms with Crippen LogP contribution < -0.4 is 0 Å². The van der Waals surface area contributed by atoms with Crippen molar-refractivity contribution in [2.75, 3.05) is 0 Å². The van der Waals surface area contributed by atoms with E-state index >= 15 is 0 Å². The van der Waals surface area contributed by atoms with Crippen LogP contribution in [0.3, 0.4) is 0 Å². The Balaban J connectivity index is 1.90. The smallest absolute Gasteiger partial charge is 0.143 e. The molecule has 0 radical (unpaired) electrons. The van der Waals surface area contributed by atoms with E-state index in [2.05, 4.69) is 6.58 Å². The van der Waals surface area contributed by atoms with Crippen molar-refractivity contribution in [3.05, 3.63) is 37.0 Å². The van der Waals surface area contributed by atoms with Gasteiger partial charge in [0.25, 0.3) is 0 Å². The summed E-state index contributed by atoms with van der Waals surface area (Å²) < 4.78 is 0. The molecule has 17 heavy (non-hydrogen) atoms. The second-order valence-corrected chi connectivity index (χ2v) is 4.71. The fraction of sp³-hybridized carbons (Fsp3) is 0.562. The lowest BCUT2D eigenvalue weighted by molar-refractivity contribution is -0.120. The van der Waals surface area contributed by atoms with Gasteiger partial charge in [0.2, 0.25) is 0 Å². The molecule has 1 aliphatic rings. The van der Waals surface area contributed by atoms with E-state index in [0.29, 0.717) is 5.78 Å². The highest BCUT2D eigenvalue weighted by molar-refractivity contribution is 5.85. The molecule has 94 valence electrons. The van der Waals surface area contributed by atoms with Crippen molar-refractivity contribution in [3.63, 3.8) is 0 Å². The van der Waals surface area contributed by atoms with Crippen LogP contribution in [-0.4, -0.2) is 5.78 Å². The van der Waals surface area contributed by atoms with E-state index in [9.17, 15) is 4.79 Å². The molecule has 0 saturated carbocycles. The lowest BCUT2D eigenvalue weighted by atomic mass is 10.00. The summed E-state index contributed by atoms with van der Waals surface area (Å²) >= 11 is 0. The maximum atomic E-state index is 11.7. The number of allylic oxidation sites excluding steroid dienone is 5. The third-order valence-electron chi connectivity index (χ3n) is 3.20. The predicted octanol–water partition coefficient (Wildman–Crippen LogP) is 4.60. The molecular formula is C16H24O. The van der Waals surface area contributed by atoms with Crippen molar-refractivity contribution in [2.45, 2.75) is 51.4 Å². The molecule has 1 nitrogen and oxygen atoms in total. The normalized spacial score (nSPS) is 14.4. The summed E-state index contributed by atoms with van der Waals surface area (Å²) in [7, 11) is 0. The maximum Gasteiger partial charge on any atom is 0.143 e. The minimum Gasteiger partial charge on any atom is -0.299 e. The predicted molar refractivity (Wildman–Crippen MR) is 73.9 cm³/mol. The van der Waals surface area contributed by atoms with Crippen molar-refractivity contribution in [3.8, 4) is 0 Å². The molecule has 0 atom stereocenters. The first kappa shape index (κ1) is 14.0. The number of carbonyl (C=O) groups is 1. The monoisotopic (exact) mass is 232 g/mol. The van der Waals surface area contributed by atoms with Crippen LogP contribution in [-0.2, 0) is 4.79 Å². The van der Waals surface area contributed by atoms with Crippen LogP contribution in [0.15, 0.2) is 37.0 Å². The van der Waals surface area contributed by atoms with Gasteiger partial charge < -0.3 is 0 Å². The molecule has 1 aliphatic carbocycles. The minimum absolute atomic E-state index is 0.0718. The van der Waals surface area contributed by atoms with Gasteiger partial charge in [-0.05, 0) is 19.3 Å². The van der Waals surface area contributed by atoms with E-state index in [4.69, 9.17) is 0 Å². The Hall–Kier alpha value is -1.11. The zero-order chi connectivity index (χ0) is 12.3. The molecule has 1 rings (SSSR count). The Kier molecular flexibility index (Phi) is 7.37. The van der Waals surface area contributed by atoms with Crippen LogP contribution in [0.4, 0.5) is 0 Å². The lowest BCUT2D eigenvalue weighted by Crippen LogP contribution is -2.07. The van der Waals surface area contributed by atoms with E-state index in [1.54, 1.807) is 0 Å². The van der Waals surface area contributed by atoms with Crippen LogP contribution in [0.25, 0.3) is 0 Å². The van der Waals surface area contributed by atoms with Gasteiger partial charge >= 0.3 is 0 Å². The molecule has 0 aromatic carbocycles. The largest absolute Gasteiger partial charge is 0.299 e. The average molecular weight is 232 g/mol. The molecule has 0 spiro atoms. The molecular weight excluding hydrogens is 208 g/mol. The fourth-order valence-corrected chi connectivity index (χ4v) is 2.11. The molecule has 0 aromatic rings. The summed E-state index contributed by atoms with van der Waals surface area (Å²) in [4.78, 5) is 11.7. The first-order chi connectivity index (χ1) is 8.34. The van der Waals surface area contributed by atoms with Crippen LogP contribution in [0.1, 0.15) is 51.4 Å². The maximum absolute atomic E-state index is 11.7. The average Bonchev–Trinajstić information content (AvgIpc) is 2.86. The van der Waals surface area contributed by atoms with Gasteiger partial charge in [0.15, 0.2) is 0 Å². The van der Waals surface area contributed by atoms with Crippen molar-refractivity contribution < 1.29 is 4.79 Å². The molecule has 0 fully saturated rings. The SMILES string of the molecule is C=CCCCCCCCCC(=O)C1C=CC=C1. The van der Waals surface area contributed by atoms with Gasteiger partial charge in [-0.2, -0.15) is 0 Å². The summed E-state index contributed by atoms with van der Waals surface area (Å²) in [6.45, 7) is 3.72. The van der Waals surface area contributed by atoms with E-state index in [1.807, 2.05) is 30.4 Å². The summed E-state index contributed by atoms with van der Waals surface area (Å²) in [5, 5.41) is 0. The van der Waals surface area contributed by atoms with Crippen molar-refractivity contribution >= 4 is 5.78 Å². The zero-order valence-electron chi connectivity index (χ0n) is 10.7.